The van der Waals surface area contributed by atoms with E-state index in [1.54, 1.807) is 0 Å². The van der Waals surface area contributed by atoms with E-state index in [1.165, 1.54) is 29.5 Å². The lowest BCUT2D eigenvalue weighted by atomic mass is 9.96. The predicted molar refractivity (Wildman–Crippen MR) is 78.3 cm³/mol. The smallest absolute Gasteiger partial charge is 0.104 e. The van der Waals surface area contributed by atoms with Crippen molar-refractivity contribution < 1.29 is 5.11 Å². The summed E-state index contributed by atoms with van der Waals surface area (Å²) in [6.45, 7) is 2.14. The van der Waals surface area contributed by atoms with Gasteiger partial charge in [0.05, 0.1) is 0 Å². The molecule has 0 spiro atoms. The molecule has 19 heavy (non-hydrogen) atoms. The Hall–Kier alpha value is -1.60. The zero-order chi connectivity index (χ0) is 13.2. The second-order valence-electron chi connectivity index (χ2n) is 5.38. The third-order valence-corrected chi connectivity index (χ3v) is 4.11. The van der Waals surface area contributed by atoms with Crippen molar-refractivity contribution >= 4 is 0 Å². The van der Waals surface area contributed by atoms with Crippen LogP contribution in [-0.2, 0) is 19.3 Å². The van der Waals surface area contributed by atoms with Crippen molar-refractivity contribution in [2.24, 2.45) is 0 Å². The van der Waals surface area contributed by atoms with Crippen LogP contribution in [0.25, 0.3) is 0 Å². The van der Waals surface area contributed by atoms with E-state index >= 15 is 0 Å². The van der Waals surface area contributed by atoms with E-state index in [1.807, 2.05) is 12.1 Å². The zero-order valence-corrected chi connectivity index (χ0v) is 11.4. The fourth-order valence-corrected chi connectivity index (χ4v) is 2.94. The molecule has 1 heteroatoms. The van der Waals surface area contributed by atoms with Gasteiger partial charge in [-0.3, -0.25) is 0 Å². The number of aliphatic hydroxyl groups is 1. The first-order valence-electron chi connectivity index (χ1n) is 7.16. The van der Waals surface area contributed by atoms with Crippen LogP contribution in [0.15, 0.2) is 42.5 Å². The van der Waals surface area contributed by atoms with E-state index in [4.69, 9.17) is 0 Å². The zero-order valence-electron chi connectivity index (χ0n) is 11.4. The summed E-state index contributed by atoms with van der Waals surface area (Å²) < 4.78 is 0. The lowest BCUT2D eigenvalue weighted by molar-refractivity contribution is 0.220. The quantitative estimate of drug-likeness (QED) is 0.880. The first kappa shape index (κ1) is 12.4. The van der Waals surface area contributed by atoms with Gasteiger partial charge in [0.15, 0.2) is 0 Å². The van der Waals surface area contributed by atoms with E-state index in [2.05, 4.69) is 37.3 Å². The van der Waals surface area contributed by atoms with Gasteiger partial charge in [-0.25, -0.2) is 0 Å². The van der Waals surface area contributed by atoms with Gasteiger partial charge in [0, 0.05) is 0 Å². The monoisotopic (exact) mass is 252 g/mol. The molecule has 2 aromatic rings. The molecule has 1 atom stereocenters. The normalized spacial score (nSPS) is 15.3. The first-order valence-corrected chi connectivity index (χ1v) is 7.16. The van der Waals surface area contributed by atoms with Crippen molar-refractivity contribution in [1.82, 2.24) is 0 Å². The molecule has 0 aromatic heterocycles. The highest BCUT2D eigenvalue weighted by Gasteiger charge is 2.15. The molecule has 0 bridgehead atoms. The largest absolute Gasteiger partial charge is 0.384 e. The van der Waals surface area contributed by atoms with E-state index in [9.17, 15) is 5.11 Å². The number of benzene rings is 2. The Morgan fingerprint density at radius 1 is 1.00 bits per heavy atom. The minimum Gasteiger partial charge on any atom is -0.384 e. The maximum Gasteiger partial charge on any atom is 0.104 e. The Balaban J connectivity index is 1.92. The summed E-state index contributed by atoms with van der Waals surface area (Å²) in [6.07, 6.45) is 4.10. The fraction of sp³-hybridized carbons (Fsp3) is 0.333. The number of aryl methyl sites for hydroxylation is 3. The van der Waals surface area contributed by atoms with Crippen molar-refractivity contribution in [3.8, 4) is 0 Å². The number of aliphatic hydroxyl groups excluding tert-OH is 1. The van der Waals surface area contributed by atoms with Crippen molar-refractivity contribution in [3.05, 3.63) is 70.3 Å². The molecule has 1 N–H and O–H groups in total. The molecule has 0 aliphatic heterocycles. The number of hydrogen-bond acceptors (Lipinski definition) is 1. The molecule has 98 valence electrons. The topological polar surface area (TPSA) is 20.2 Å². The Kier molecular flexibility index (Phi) is 3.39. The van der Waals surface area contributed by atoms with Crippen LogP contribution in [-0.4, -0.2) is 5.11 Å². The highest BCUT2D eigenvalue weighted by Crippen LogP contribution is 2.28. The van der Waals surface area contributed by atoms with Crippen LogP contribution in [0.5, 0.6) is 0 Å². The average molecular weight is 252 g/mol. The van der Waals surface area contributed by atoms with Crippen LogP contribution in [0, 0.1) is 0 Å². The molecule has 0 radical (unpaired) electrons. The molecular weight excluding hydrogens is 232 g/mol. The van der Waals surface area contributed by atoms with Gasteiger partial charge in [0.1, 0.15) is 6.10 Å². The van der Waals surface area contributed by atoms with Gasteiger partial charge in [-0.2, -0.15) is 0 Å². The fourth-order valence-electron chi connectivity index (χ4n) is 2.94. The van der Waals surface area contributed by atoms with Crippen LogP contribution in [0.3, 0.4) is 0 Å². The highest BCUT2D eigenvalue weighted by atomic mass is 16.3. The van der Waals surface area contributed by atoms with E-state index in [0.717, 1.165) is 24.0 Å². The van der Waals surface area contributed by atoms with Crippen LogP contribution in [0.2, 0.25) is 0 Å². The molecule has 1 aliphatic carbocycles. The van der Waals surface area contributed by atoms with E-state index < -0.39 is 6.10 Å². The Bertz CT molecular complexity index is 586. The average Bonchev–Trinajstić information content (AvgIpc) is 2.94. The molecule has 0 saturated heterocycles. The summed E-state index contributed by atoms with van der Waals surface area (Å²) >= 11 is 0. The Morgan fingerprint density at radius 3 is 2.63 bits per heavy atom. The molecule has 0 saturated carbocycles. The predicted octanol–water partition coefficient (Wildman–Crippen LogP) is 3.82. The maximum absolute atomic E-state index is 10.5. The van der Waals surface area contributed by atoms with Crippen molar-refractivity contribution in [2.75, 3.05) is 0 Å². The maximum atomic E-state index is 10.5. The second-order valence-corrected chi connectivity index (χ2v) is 5.38. The minimum atomic E-state index is -0.502. The van der Waals surface area contributed by atoms with Crippen LogP contribution in [0.4, 0.5) is 0 Å². The summed E-state index contributed by atoms with van der Waals surface area (Å²) in [7, 11) is 0. The molecule has 1 nitrogen and oxygen atoms in total. The number of hydrogen-bond donors (Lipinski definition) is 1. The van der Waals surface area contributed by atoms with E-state index in [-0.39, 0.29) is 0 Å². The SMILES string of the molecule is CCc1cccc(C(O)c2ccc3c(c2)CCC3)c1. The summed E-state index contributed by atoms with van der Waals surface area (Å²) in [4.78, 5) is 0. The van der Waals surface area contributed by atoms with Gasteiger partial charge in [0.2, 0.25) is 0 Å². The van der Waals surface area contributed by atoms with Gasteiger partial charge in [-0.1, -0.05) is 49.4 Å². The second kappa shape index (κ2) is 5.18. The molecule has 0 amide bonds. The molecule has 1 unspecified atom stereocenters. The molecule has 3 rings (SSSR count). The number of fused-ring (bicyclic) bond motifs is 1. The summed E-state index contributed by atoms with van der Waals surface area (Å²) in [5.74, 6) is 0. The van der Waals surface area contributed by atoms with Crippen molar-refractivity contribution in [3.63, 3.8) is 0 Å². The molecule has 2 aromatic carbocycles. The summed E-state index contributed by atoms with van der Waals surface area (Å²) in [5, 5.41) is 10.5. The van der Waals surface area contributed by atoms with Gasteiger partial charge in [-0.15, -0.1) is 0 Å². The van der Waals surface area contributed by atoms with Gasteiger partial charge in [0.25, 0.3) is 0 Å². The molecule has 0 fully saturated rings. The third-order valence-electron chi connectivity index (χ3n) is 4.11. The van der Waals surface area contributed by atoms with Crippen molar-refractivity contribution in [2.45, 2.75) is 38.7 Å². The Morgan fingerprint density at radius 2 is 1.79 bits per heavy atom. The van der Waals surface area contributed by atoms with Crippen LogP contribution >= 0.6 is 0 Å². The van der Waals surface area contributed by atoms with E-state index in [0.29, 0.717) is 0 Å². The van der Waals surface area contributed by atoms with Gasteiger partial charge in [-0.05, 0) is 53.5 Å². The minimum absolute atomic E-state index is 0.502. The summed E-state index contributed by atoms with van der Waals surface area (Å²) in [6, 6.07) is 14.7. The van der Waals surface area contributed by atoms with Crippen LogP contribution in [0.1, 0.15) is 47.3 Å². The Labute approximate surface area is 114 Å². The standard InChI is InChI=1S/C18H20O/c1-2-13-5-3-8-16(11-13)18(19)17-10-9-14-6-4-7-15(14)12-17/h3,5,8-12,18-19H,2,4,6-7H2,1H3. The van der Waals surface area contributed by atoms with Gasteiger partial charge < -0.3 is 5.11 Å². The van der Waals surface area contributed by atoms with Crippen LogP contribution < -0.4 is 0 Å². The highest BCUT2D eigenvalue weighted by molar-refractivity contribution is 5.39. The lowest BCUT2D eigenvalue weighted by Gasteiger charge is -2.14. The number of rotatable bonds is 3. The van der Waals surface area contributed by atoms with Crippen molar-refractivity contribution in [1.29, 1.82) is 0 Å². The summed E-state index contributed by atoms with van der Waals surface area (Å²) in [5.41, 5.74) is 6.17. The first-order chi connectivity index (χ1) is 9.28. The molecular formula is C18H20O. The molecule has 0 heterocycles. The van der Waals surface area contributed by atoms with Gasteiger partial charge >= 0.3 is 0 Å². The lowest BCUT2D eigenvalue weighted by Crippen LogP contribution is -2.01. The third kappa shape index (κ3) is 2.43. The molecule has 1 aliphatic rings.